The Kier molecular flexibility index (Phi) is 8.12. The van der Waals surface area contributed by atoms with Gasteiger partial charge in [-0.25, -0.2) is 14.8 Å². The molecule has 0 aliphatic heterocycles. The number of imidazole rings is 2. The summed E-state index contributed by atoms with van der Waals surface area (Å²) in [6, 6.07) is 19.7. The molecule has 0 unspecified atom stereocenters. The summed E-state index contributed by atoms with van der Waals surface area (Å²) >= 11 is 0. The first-order chi connectivity index (χ1) is 19.3. The predicted molar refractivity (Wildman–Crippen MR) is 161 cm³/mol. The van der Waals surface area contributed by atoms with Crippen molar-refractivity contribution in [1.29, 1.82) is 0 Å². The molecular formula is C33H37N5O2. The van der Waals surface area contributed by atoms with Gasteiger partial charge in [0.25, 0.3) is 0 Å². The van der Waals surface area contributed by atoms with Crippen LogP contribution in [-0.2, 0) is 19.5 Å². The molecule has 0 saturated heterocycles. The van der Waals surface area contributed by atoms with Gasteiger partial charge in [-0.05, 0) is 80.9 Å². The van der Waals surface area contributed by atoms with Crippen LogP contribution in [0.2, 0.25) is 0 Å². The normalized spacial score (nSPS) is 11.5. The van der Waals surface area contributed by atoms with Crippen molar-refractivity contribution in [2.24, 2.45) is 0 Å². The first kappa shape index (κ1) is 27.3. The van der Waals surface area contributed by atoms with Crippen molar-refractivity contribution in [3.63, 3.8) is 0 Å². The molecule has 2 aromatic heterocycles. The minimum atomic E-state index is -0.918. The molecule has 40 heavy (non-hydrogen) atoms. The van der Waals surface area contributed by atoms with Crippen LogP contribution < -0.4 is 0 Å². The van der Waals surface area contributed by atoms with Crippen molar-refractivity contribution in [2.45, 2.75) is 46.2 Å². The Labute approximate surface area is 235 Å². The molecule has 206 valence electrons. The quantitative estimate of drug-likeness (QED) is 0.208. The average molecular weight is 536 g/mol. The summed E-state index contributed by atoms with van der Waals surface area (Å²) in [7, 11) is 4.19. The van der Waals surface area contributed by atoms with E-state index in [2.05, 4.69) is 72.4 Å². The number of carboxylic acid groups (broad SMARTS) is 1. The van der Waals surface area contributed by atoms with Crippen molar-refractivity contribution in [2.75, 3.05) is 20.6 Å². The number of aromatic nitrogens is 4. The lowest BCUT2D eigenvalue weighted by molar-refractivity contribution is 0.0697. The van der Waals surface area contributed by atoms with Crippen molar-refractivity contribution >= 4 is 17.0 Å². The zero-order chi connectivity index (χ0) is 28.2. The van der Waals surface area contributed by atoms with Gasteiger partial charge in [0.1, 0.15) is 5.82 Å². The number of aromatic carboxylic acids is 1. The van der Waals surface area contributed by atoms with Gasteiger partial charge in [0.05, 0.1) is 28.6 Å². The van der Waals surface area contributed by atoms with Crippen molar-refractivity contribution < 1.29 is 9.90 Å². The third-order valence-corrected chi connectivity index (χ3v) is 7.31. The smallest absolute Gasteiger partial charge is 0.336 e. The molecule has 0 bridgehead atoms. The number of carbonyl (C=O) groups is 1. The lowest BCUT2D eigenvalue weighted by Crippen LogP contribution is -2.14. The van der Waals surface area contributed by atoms with Gasteiger partial charge in [-0.15, -0.1) is 0 Å². The summed E-state index contributed by atoms with van der Waals surface area (Å²) in [5.41, 5.74) is 8.43. The van der Waals surface area contributed by atoms with Gasteiger partial charge >= 0.3 is 5.97 Å². The van der Waals surface area contributed by atoms with Crippen LogP contribution in [0.5, 0.6) is 0 Å². The maximum atomic E-state index is 11.7. The van der Waals surface area contributed by atoms with Gasteiger partial charge in [0.15, 0.2) is 0 Å². The fraction of sp³-hybridized carbons (Fsp3) is 0.303. The van der Waals surface area contributed by atoms with E-state index < -0.39 is 5.97 Å². The number of carboxylic acids is 1. The third-order valence-electron chi connectivity index (χ3n) is 7.31. The van der Waals surface area contributed by atoms with Crippen LogP contribution >= 0.6 is 0 Å². The second-order valence-electron chi connectivity index (χ2n) is 10.7. The molecule has 5 rings (SSSR count). The highest BCUT2D eigenvalue weighted by Gasteiger charge is 2.16. The second-order valence-corrected chi connectivity index (χ2v) is 10.7. The molecule has 7 heteroatoms. The van der Waals surface area contributed by atoms with E-state index in [1.165, 1.54) is 0 Å². The maximum absolute atomic E-state index is 11.7. The molecular weight excluding hydrogens is 498 g/mol. The number of aryl methyl sites for hydroxylation is 3. The third kappa shape index (κ3) is 5.84. The fourth-order valence-corrected chi connectivity index (χ4v) is 5.27. The summed E-state index contributed by atoms with van der Waals surface area (Å²) in [4.78, 5) is 23.7. The predicted octanol–water partition coefficient (Wildman–Crippen LogP) is 6.53. The molecule has 0 fully saturated rings. The summed E-state index contributed by atoms with van der Waals surface area (Å²) in [6.07, 6.45) is 7.05. The summed E-state index contributed by atoms with van der Waals surface area (Å²) in [5.74, 6) is 0.158. The molecule has 0 aliphatic carbocycles. The van der Waals surface area contributed by atoms with E-state index >= 15 is 0 Å². The van der Waals surface area contributed by atoms with Gasteiger partial charge in [0, 0.05) is 31.3 Å². The van der Waals surface area contributed by atoms with Crippen LogP contribution in [-0.4, -0.2) is 55.7 Å². The van der Waals surface area contributed by atoms with Gasteiger partial charge in [-0.1, -0.05) is 49.4 Å². The van der Waals surface area contributed by atoms with Crippen LogP contribution in [0, 0.1) is 6.92 Å². The highest BCUT2D eigenvalue weighted by Crippen LogP contribution is 2.29. The van der Waals surface area contributed by atoms with E-state index in [-0.39, 0.29) is 0 Å². The van der Waals surface area contributed by atoms with E-state index in [1.54, 1.807) is 12.1 Å². The molecule has 1 N–H and O–H groups in total. The molecule has 0 saturated carbocycles. The molecule has 0 spiro atoms. The van der Waals surface area contributed by atoms with Gasteiger partial charge < -0.3 is 19.1 Å². The van der Waals surface area contributed by atoms with Crippen LogP contribution in [0.3, 0.4) is 0 Å². The SMILES string of the molecule is CCCc1nc2c(C)cc(-c3cn(CCCN(C)C)cn3)cc2n1Cc1ccc(-c2ccccc2C(=O)O)cc1. The molecule has 5 aromatic rings. The first-order valence-corrected chi connectivity index (χ1v) is 13.9. The Balaban J connectivity index is 1.47. The number of nitrogens with zero attached hydrogens (tertiary/aromatic N) is 5. The fourth-order valence-electron chi connectivity index (χ4n) is 5.27. The van der Waals surface area contributed by atoms with E-state index in [9.17, 15) is 9.90 Å². The zero-order valence-corrected chi connectivity index (χ0v) is 23.8. The Morgan fingerprint density at radius 2 is 1.80 bits per heavy atom. The number of hydrogen-bond acceptors (Lipinski definition) is 4. The monoisotopic (exact) mass is 535 g/mol. The lowest BCUT2D eigenvalue weighted by Gasteiger charge is -2.12. The van der Waals surface area contributed by atoms with Crippen LogP contribution in [0.1, 0.15) is 47.1 Å². The largest absolute Gasteiger partial charge is 0.478 e. The van der Waals surface area contributed by atoms with Gasteiger partial charge in [-0.2, -0.15) is 0 Å². The van der Waals surface area contributed by atoms with E-state index in [1.807, 2.05) is 30.6 Å². The summed E-state index contributed by atoms with van der Waals surface area (Å²) in [6.45, 7) is 6.98. The molecule has 0 radical (unpaired) electrons. The van der Waals surface area contributed by atoms with Crippen molar-refractivity contribution in [1.82, 2.24) is 24.0 Å². The average Bonchev–Trinajstić information content (AvgIpc) is 3.55. The van der Waals surface area contributed by atoms with Crippen molar-refractivity contribution in [3.8, 4) is 22.4 Å². The highest BCUT2D eigenvalue weighted by molar-refractivity contribution is 5.96. The van der Waals surface area contributed by atoms with Gasteiger partial charge in [-0.3, -0.25) is 0 Å². The van der Waals surface area contributed by atoms with Crippen LogP contribution in [0.15, 0.2) is 73.2 Å². The van der Waals surface area contributed by atoms with E-state index in [0.29, 0.717) is 12.1 Å². The van der Waals surface area contributed by atoms with Crippen LogP contribution in [0.25, 0.3) is 33.4 Å². The molecule has 2 heterocycles. The molecule has 0 atom stereocenters. The zero-order valence-electron chi connectivity index (χ0n) is 23.8. The summed E-state index contributed by atoms with van der Waals surface area (Å²) < 4.78 is 4.49. The topological polar surface area (TPSA) is 76.2 Å². The number of benzene rings is 3. The second kappa shape index (κ2) is 11.9. The summed E-state index contributed by atoms with van der Waals surface area (Å²) in [5, 5.41) is 9.60. The molecule has 0 aliphatic rings. The molecule has 3 aromatic carbocycles. The number of fused-ring (bicyclic) bond motifs is 1. The van der Waals surface area contributed by atoms with Gasteiger partial charge in [0.2, 0.25) is 0 Å². The Bertz CT molecular complexity index is 1630. The minimum Gasteiger partial charge on any atom is -0.478 e. The number of hydrogen-bond donors (Lipinski definition) is 1. The highest BCUT2D eigenvalue weighted by atomic mass is 16.4. The molecule has 7 nitrogen and oxygen atoms in total. The first-order valence-electron chi connectivity index (χ1n) is 13.9. The van der Waals surface area contributed by atoms with E-state index in [4.69, 9.17) is 9.97 Å². The standard InChI is InChI=1S/C33H37N5O2/c1-5-9-31-35-32-23(2)18-26(29-21-37(22-34-29)17-8-16-36(3)4)19-30(32)38(31)20-24-12-14-25(15-13-24)27-10-6-7-11-28(27)33(39)40/h6-7,10-15,18-19,21-22H,5,8-9,16-17,20H2,1-4H3,(H,39,40). The Hall–Kier alpha value is -4.23. The van der Waals surface area contributed by atoms with Crippen LogP contribution in [0.4, 0.5) is 0 Å². The van der Waals surface area contributed by atoms with E-state index in [0.717, 1.165) is 82.7 Å². The Morgan fingerprint density at radius 1 is 1.02 bits per heavy atom. The Morgan fingerprint density at radius 3 is 2.52 bits per heavy atom. The maximum Gasteiger partial charge on any atom is 0.336 e. The number of rotatable bonds is 11. The molecule has 0 amide bonds. The minimum absolute atomic E-state index is 0.309. The van der Waals surface area contributed by atoms with Crippen molar-refractivity contribution in [3.05, 3.63) is 95.7 Å². The lowest BCUT2D eigenvalue weighted by atomic mass is 9.98.